The van der Waals surface area contributed by atoms with Crippen LogP contribution in [-0.2, 0) is 9.16 Å². The standard InChI is InChI=1S/C19H31N3O5Si/c1-5-7-8-9-12-28(3,4)27-16-17(22-11-10-15(20)21-18(22)24)26-14(13-23)19(16,25)6-2/h2,10-11,14,16-17,23,25H,5,7-9,12-13H2,1,3-4H3,(H2,20,21,24)/t14-,16+,17-,19-/m1/s1. The highest BCUT2D eigenvalue weighted by Crippen LogP contribution is 2.40. The van der Waals surface area contributed by atoms with E-state index in [-0.39, 0.29) is 5.82 Å². The Balaban J connectivity index is 2.33. The summed E-state index contributed by atoms with van der Waals surface area (Å²) in [6.07, 6.45) is 8.37. The topological polar surface area (TPSA) is 120 Å². The first-order valence-corrected chi connectivity index (χ1v) is 12.8. The highest BCUT2D eigenvalue weighted by atomic mass is 28.4. The third-order valence-corrected chi connectivity index (χ3v) is 7.54. The first-order chi connectivity index (χ1) is 13.2. The highest BCUT2D eigenvalue weighted by molar-refractivity contribution is 6.71. The van der Waals surface area contributed by atoms with E-state index in [0.717, 1.165) is 31.7 Å². The number of aliphatic hydroxyl groups excluding tert-OH is 1. The molecule has 1 fully saturated rings. The first kappa shape index (κ1) is 22.6. The molecule has 1 aliphatic heterocycles. The van der Waals surface area contributed by atoms with E-state index in [4.69, 9.17) is 21.3 Å². The molecule has 2 rings (SSSR count). The SMILES string of the molecule is C#C[C@@]1(O)[C@@H](CO)O[C@@H](n2ccc(N)nc2=O)[C@@H]1O[Si](C)(C)CCCCCC. The molecule has 0 bridgehead atoms. The smallest absolute Gasteiger partial charge is 0.351 e. The maximum atomic E-state index is 12.3. The third kappa shape index (κ3) is 4.82. The number of terminal acetylenes is 1. The van der Waals surface area contributed by atoms with Crippen molar-refractivity contribution in [1.29, 1.82) is 0 Å². The molecule has 4 atom stereocenters. The molecular formula is C19H31N3O5Si. The lowest BCUT2D eigenvalue weighted by molar-refractivity contribution is -0.0624. The Labute approximate surface area is 166 Å². The molecule has 0 spiro atoms. The number of aliphatic hydroxyl groups is 2. The molecule has 28 heavy (non-hydrogen) atoms. The summed E-state index contributed by atoms with van der Waals surface area (Å²) in [4.78, 5) is 16.0. The van der Waals surface area contributed by atoms with E-state index in [2.05, 4.69) is 17.8 Å². The van der Waals surface area contributed by atoms with Crippen molar-refractivity contribution in [1.82, 2.24) is 9.55 Å². The van der Waals surface area contributed by atoms with Crippen LogP contribution in [0.25, 0.3) is 0 Å². The third-order valence-electron chi connectivity index (χ3n) is 5.09. The van der Waals surface area contributed by atoms with Gasteiger partial charge >= 0.3 is 5.69 Å². The van der Waals surface area contributed by atoms with Crippen LogP contribution in [0.4, 0.5) is 5.82 Å². The van der Waals surface area contributed by atoms with Crippen molar-refractivity contribution in [2.24, 2.45) is 0 Å². The molecule has 0 unspecified atom stereocenters. The van der Waals surface area contributed by atoms with Gasteiger partial charge in [-0.05, 0) is 25.2 Å². The Kier molecular flexibility index (Phi) is 7.42. The van der Waals surface area contributed by atoms with Crippen molar-refractivity contribution in [2.45, 2.75) is 75.8 Å². The van der Waals surface area contributed by atoms with Gasteiger partial charge in [0.2, 0.25) is 0 Å². The minimum Gasteiger partial charge on any atom is -0.406 e. The largest absolute Gasteiger partial charge is 0.406 e. The lowest BCUT2D eigenvalue weighted by Gasteiger charge is -2.35. The van der Waals surface area contributed by atoms with E-state index in [0.29, 0.717) is 0 Å². The molecular weight excluding hydrogens is 378 g/mol. The average Bonchev–Trinajstić information content (AvgIpc) is 2.91. The number of hydrogen-bond donors (Lipinski definition) is 3. The minimum absolute atomic E-state index is 0.0771. The highest BCUT2D eigenvalue weighted by Gasteiger charge is 2.58. The molecule has 0 amide bonds. The van der Waals surface area contributed by atoms with Crippen LogP contribution < -0.4 is 11.4 Å². The summed E-state index contributed by atoms with van der Waals surface area (Å²) in [6, 6.07) is 2.34. The van der Waals surface area contributed by atoms with Crippen molar-refractivity contribution < 1.29 is 19.4 Å². The number of unbranched alkanes of at least 4 members (excludes halogenated alkanes) is 3. The number of nitrogen functional groups attached to an aromatic ring is 1. The summed E-state index contributed by atoms with van der Waals surface area (Å²) in [5.41, 5.74) is 3.06. The Morgan fingerprint density at radius 1 is 1.46 bits per heavy atom. The molecule has 2 heterocycles. The van der Waals surface area contributed by atoms with Gasteiger partial charge in [-0.2, -0.15) is 4.98 Å². The molecule has 0 aromatic carbocycles. The zero-order valence-corrected chi connectivity index (χ0v) is 17.8. The van der Waals surface area contributed by atoms with E-state index in [1.165, 1.54) is 16.8 Å². The number of anilines is 1. The van der Waals surface area contributed by atoms with Crippen LogP contribution in [0.5, 0.6) is 0 Å². The quantitative estimate of drug-likeness (QED) is 0.319. The molecule has 8 nitrogen and oxygen atoms in total. The maximum Gasteiger partial charge on any atom is 0.351 e. The van der Waals surface area contributed by atoms with Gasteiger partial charge in [-0.25, -0.2) is 4.79 Å². The maximum absolute atomic E-state index is 12.3. The van der Waals surface area contributed by atoms with Gasteiger partial charge in [0.1, 0.15) is 18.0 Å². The van der Waals surface area contributed by atoms with Gasteiger partial charge in [-0.3, -0.25) is 4.57 Å². The number of hydrogen-bond acceptors (Lipinski definition) is 7. The van der Waals surface area contributed by atoms with Crippen LogP contribution in [0.15, 0.2) is 17.1 Å². The average molecular weight is 410 g/mol. The van der Waals surface area contributed by atoms with Crippen molar-refractivity contribution in [3.05, 3.63) is 22.7 Å². The predicted octanol–water partition coefficient (Wildman–Crippen LogP) is 1.25. The van der Waals surface area contributed by atoms with Crippen LogP contribution in [0.3, 0.4) is 0 Å². The monoisotopic (exact) mass is 409 g/mol. The number of ether oxygens (including phenoxy) is 1. The van der Waals surface area contributed by atoms with E-state index in [1.807, 2.05) is 13.1 Å². The van der Waals surface area contributed by atoms with E-state index in [9.17, 15) is 15.0 Å². The zero-order chi connectivity index (χ0) is 20.9. The Morgan fingerprint density at radius 3 is 2.75 bits per heavy atom. The van der Waals surface area contributed by atoms with E-state index in [1.54, 1.807) is 0 Å². The summed E-state index contributed by atoms with van der Waals surface area (Å²) in [5.74, 6) is 2.41. The van der Waals surface area contributed by atoms with Crippen molar-refractivity contribution in [3.8, 4) is 12.3 Å². The second-order valence-electron chi connectivity index (χ2n) is 7.82. The van der Waals surface area contributed by atoms with Crippen LogP contribution in [-0.4, -0.2) is 52.5 Å². The molecule has 1 aromatic rings. The van der Waals surface area contributed by atoms with Crippen molar-refractivity contribution in [2.75, 3.05) is 12.3 Å². The van der Waals surface area contributed by atoms with E-state index >= 15 is 0 Å². The van der Waals surface area contributed by atoms with Gasteiger partial charge in [0.15, 0.2) is 20.1 Å². The van der Waals surface area contributed by atoms with Gasteiger partial charge in [0.05, 0.1) is 6.61 Å². The Bertz CT molecular complexity index is 763. The molecule has 1 aliphatic rings. The number of aromatic nitrogens is 2. The molecule has 9 heteroatoms. The molecule has 0 aliphatic carbocycles. The molecule has 0 saturated carbocycles. The van der Waals surface area contributed by atoms with Crippen molar-refractivity contribution >= 4 is 14.1 Å². The first-order valence-electron chi connectivity index (χ1n) is 9.67. The summed E-state index contributed by atoms with van der Waals surface area (Å²) in [5, 5.41) is 20.8. The molecule has 1 aromatic heterocycles. The molecule has 0 radical (unpaired) electrons. The Morgan fingerprint density at radius 2 is 2.18 bits per heavy atom. The van der Waals surface area contributed by atoms with Gasteiger partial charge < -0.3 is 25.1 Å². The Hall–Kier alpha value is -1.70. The summed E-state index contributed by atoms with van der Waals surface area (Å²) in [7, 11) is -2.25. The summed E-state index contributed by atoms with van der Waals surface area (Å²) < 4.78 is 13.3. The van der Waals surface area contributed by atoms with Crippen LogP contribution >= 0.6 is 0 Å². The van der Waals surface area contributed by atoms with E-state index < -0.39 is 44.7 Å². The fraction of sp³-hybridized carbons (Fsp3) is 0.684. The normalized spacial score (nSPS) is 27.6. The molecule has 4 N–H and O–H groups in total. The number of rotatable bonds is 9. The fourth-order valence-electron chi connectivity index (χ4n) is 3.46. The van der Waals surface area contributed by atoms with Gasteiger partial charge in [0.25, 0.3) is 0 Å². The minimum atomic E-state index is -2.25. The van der Waals surface area contributed by atoms with Gasteiger partial charge in [-0.1, -0.05) is 38.5 Å². The zero-order valence-electron chi connectivity index (χ0n) is 16.8. The molecule has 156 valence electrons. The molecule has 1 saturated heterocycles. The van der Waals surface area contributed by atoms with Crippen molar-refractivity contribution in [3.63, 3.8) is 0 Å². The lowest BCUT2D eigenvalue weighted by atomic mass is 9.93. The lowest BCUT2D eigenvalue weighted by Crippen LogP contribution is -2.53. The van der Waals surface area contributed by atoms with Gasteiger partial charge in [0, 0.05) is 6.20 Å². The van der Waals surface area contributed by atoms with Crippen LogP contribution in [0.1, 0.15) is 38.8 Å². The second kappa shape index (κ2) is 9.20. The van der Waals surface area contributed by atoms with Gasteiger partial charge in [-0.15, -0.1) is 6.42 Å². The van der Waals surface area contributed by atoms with Crippen LogP contribution in [0, 0.1) is 12.3 Å². The number of nitrogens with zero attached hydrogens (tertiary/aromatic N) is 2. The fourth-order valence-corrected chi connectivity index (χ4v) is 5.66. The van der Waals surface area contributed by atoms with Crippen LogP contribution in [0.2, 0.25) is 19.1 Å². The predicted molar refractivity (Wildman–Crippen MR) is 109 cm³/mol. The number of nitrogens with two attached hydrogens (primary N) is 1. The second-order valence-corrected chi connectivity index (χ2v) is 12.1. The summed E-state index contributed by atoms with van der Waals surface area (Å²) >= 11 is 0. The summed E-state index contributed by atoms with van der Waals surface area (Å²) in [6.45, 7) is 5.74.